The molecule has 19 heavy (non-hydrogen) atoms. The van der Waals surface area contributed by atoms with Crippen molar-refractivity contribution in [2.75, 3.05) is 18.0 Å². The topological polar surface area (TPSA) is 41.1 Å². The third-order valence-electron chi connectivity index (χ3n) is 4.31. The van der Waals surface area contributed by atoms with Crippen molar-refractivity contribution in [3.05, 3.63) is 17.8 Å². The lowest BCUT2D eigenvalue weighted by atomic mass is 10.0. The van der Waals surface area contributed by atoms with Crippen LogP contribution >= 0.6 is 0 Å². The van der Waals surface area contributed by atoms with Crippen LogP contribution in [0, 0.1) is 5.82 Å². The van der Waals surface area contributed by atoms with Crippen LogP contribution in [-0.4, -0.2) is 35.1 Å². The Morgan fingerprint density at radius 1 is 1.37 bits per heavy atom. The molecule has 5 heteroatoms. The predicted molar refractivity (Wildman–Crippen MR) is 72.8 cm³/mol. The highest BCUT2D eigenvalue weighted by Gasteiger charge is 2.35. The van der Waals surface area contributed by atoms with Gasteiger partial charge in [-0.25, -0.2) is 14.4 Å². The smallest absolute Gasteiger partial charge is 0.187 e. The molecule has 0 saturated carbocycles. The number of rotatable bonds is 3. The lowest BCUT2D eigenvalue weighted by Gasteiger charge is -2.30. The van der Waals surface area contributed by atoms with Crippen molar-refractivity contribution in [1.29, 1.82) is 0 Å². The van der Waals surface area contributed by atoms with Crippen molar-refractivity contribution >= 4 is 5.82 Å². The van der Waals surface area contributed by atoms with Crippen LogP contribution in [0.3, 0.4) is 0 Å². The molecule has 3 rings (SSSR count). The van der Waals surface area contributed by atoms with Crippen LogP contribution in [0.5, 0.6) is 0 Å². The summed E-state index contributed by atoms with van der Waals surface area (Å²) in [6, 6.07) is 0.874. The van der Waals surface area contributed by atoms with Gasteiger partial charge in [-0.3, -0.25) is 0 Å². The number of aromatic nitrogens is 2. The summed E-state index contributed by atoms with van der Waals surface area (Å²) in [5, 5.41) is 3.54. The van der Waals surface area contributed by atoms with Crippen molar-refractivity contribution in [3.63, 3.8) is 0 Å². The largest absolute Gasteiger partial charge is 0.350 e. The number of nitrogens with one attached hydrogen (secondary N) is 1. The third-order valence-corrected chi connectivity index (χ3v) is 4.31. The average Bonchev–Trinajstić information content (AvgIpc) is 3.09. The van der Waals surface area contributed by atoms with Gasteiger partial charge in [-0.1, -0.05) is 6.92 Å². The summed E-state index contributed by atoms with van der Waals surface area (Å²) in [6.45, 7) is 3.91. The van der Waals surface area contributed by atoms with E-state index in [0.29, 0.717) is 30.0 Å². The van der Waals surface area contributed by atoms with E-state index in [1.165, 1.54) is 19.2 Å². The minimum absolute atomic E-state index is 0.227. The van der Waals surface area contributed by atoms with Gasteiger partial charge in [-0.2, -0.15) is 0 Å². The van der Waals surface area contributed by atoms with Gasteiger partial charge in [0.05, 0.1) is 5.69 Å². The molecule has 1 aromatic heterocycles. The molecule has 2 saturated heterocycles. The Morgan fingerprint density at radius 2 is 2.26 bits per heavy atom. The molecule has 1 aromatic rings. The fraction of sp³-hybridized carbons (Fsp3) is 0.714. The highest BCUT2D eigenvalue weighted by molar-refractivity contribution is 5.44. The Balaban J connectivity index is 1.87. The van der Waals surface area contributed by atoms with Crippen molar-refractivity contribution < 1.29 is 4.39 Å². The minimum Gasteiger partial charge on any atom is -0.350 e. The van der Waals surface area contributed by atoms with E-state index in [2.05, 4.69) is 20.2 Å². The van der Waals surface area contributed by atoms with Crippen LogP contribution in [-0.2, 0) is 6.42 Å². The van der Waals surface area contributed by atoms with E-state index < -0.39 is 0 Å². The van der Waals surface area contributed by atoms with Gasteiger partial charge in [0, 0.05) is 18.6 Å². The lowest BCUT2D eigenvalue weighted by Crippen LogP contribution is -2.44. The number of aryl methyl sites for hydroxylation is 1. The Bertz CT molecular complexity index is 445. The number of halogens is 1. The van der Waals surface area contributed by atoms with E-state index in [1.807, 2.05) is 6.92 Å². The van der Waals surface area contributed by atoms with E-state index >= 15 is 0 Å². The van der Waals surface area contributed by atoms with Gasteiger partial charge in [0.2, 0.25) is 0 Å². The average molecular weight is 264 g/mol. The van der Waals surface area contributed by atoms with E-state index in [9.17, 15) is 4.39 Å². The molecule has 2 unspecified atom stereocenters. The summed E-state index contributed by atoms with van der Waals surface area (Å²) in [6.07, 6.45) is 6.77. The van der Waals surface area contributed by atoms with Crippen LogP contribution in [0.2, 0.25) is 0 Å². The molecule has 104 valence electrons. The normalized spacial score (nSPS) is 27.2. The quantitative estimate of drug-likeness (QED) is 0.905. The summed E-state index contributed by atoms with van der Waals surface area (Å²) < 4.78 is 14.4. The maximum Gasteiger partial charge on any atom is 0.187 e. The molecule has 0 amide bonds. The summed E-state index contributed by atoms with van der Waals surface area (Å²) in [4.78, 5) is 10.4. The second-order valence-corrected chi connectivity index (χ2v) is 5.42. The van der Waals surface area contributed by atoms with Gasteiger partial charge < -0.3 is 10.2 Å². The van der Waals surface area contributed by atoms with Crippen molar-refractivity contribution in [3.8, 4) is 0 Å². The molecule has 0 bridgehead atoms. The Morgan fingerprint density at radius 3 is 3.00 bits per heavy atom. The van der Waals surface area contributed by atoms with Crippen molar-refractivity contribution in [2.24, 2.45) is 0 Å². The molecule has 2 atom stereocenters. The van der Waals surface area contributed by atoms with Crippen LogP contribution in [0.25, 0.3) is 0 Å². The number of hydrogen-bond donors (Lipinski definition) is 1. The summed E-state index contributed by atoms with van der Waals surface area (Å²) in [7, 11) is 0. The summed E-state index contributed by atoms with van der Waals surface area (Å²) in [5.41, 5.74) is 0.523. The Labute approximate surface area is 113 Å². The molecular formula is C14H21FN4. The second-order valence-electron chi connectivity index (χ2n) is 5.42. The molecular weight excluding hydrogens is 243 g/mol. The molecule has 0 radical (unpaired) electrons. The molecule has 4 nitrogen and oxygen atoms in total. The van der Waals surface area contributed by atoms with E-state index in [-0.39, 0.29) is 5.82 Å². The van der Waals surface area contributed by atoms with Crippen LogP contribution in [0.4, 0.5) is 10.2 Å². The van der Waals surface area contributed by atoms with E-state index in [0.717, 1.165) is 25.9 Å². The van der Waals surface area contributed by atoms with Gasteiger partial charge in [0.15, 0.2) is 11.6 Å². The minimum atomic E-state index is -0.227. The summed E-state index contributed by atoms with van der Waals surface area (Å²) >= 11 is 0. The van der Waals surface area contributed by atoms with Gasteiger partial charge in [-0.15, -0.1) is 0 Å². The van der Waals surface area contributed by atoms with Crippen molar-refractivity contribution in [1.82, 2.24) is 15.3 Å². The number of nitrogens with zero attached hydrogens (tertiary/aromatic N) is 3. The predicted octanol–water partition coefficient (Wildman–Crippen LogP) is 1.90. The monoisotopic (exact) mass is 264 g/mol. The first-order valence-electron chi connectivity index (χ1n) is 7.30. The maximum atomic E-state index is 14.4. The van der Waals surface area contributed by atoms with Gasteiger partial charge in [0.25, 0.3) is 0 Å². The highest BCUT2D eigenvalue weighted by atomic mass is 19.1. The SMILES string of the molecule is CCc1ncnc(N2CCCC2C2CCCN2)c1F. The molecule has 2 aliphatic heterocycles. The van der Waals surface area contributed by atoms with E-state index in [1.54, 1.807) is 0 Å². The standard InChI is InChI=1S/C14H21FN4/c1-2-10-13(15)14(18-9-17-10)19-8-4-6-12(19)11-5-3-7-16-11/h9,11-12,16H,2-8H2,1H3. The summed E-state index contributed by atoms with van der Waals surface area (Å²) in [5.74, 6) is 0.276. The molecule has 3 heterocycles. The van der Waals surface area contributed by atoms with Crippen LogP contribution in [0.1, 0.15) is 38.3 Å². The zero-order valence-corrected chi connectivity index (χ0v) is 11.4. The van der Waals surface area contributed by atoms with Crippen LogP contribution in [0.15, 0.2) is 6.33 Å². The Kier molecular flexibility index (Phi) is 3.64. The Hall–Kier alpha value is -1.23. The molecule has 0 spiro atoms. The molecule has 0 aliphatic carbocycles. The first-order valence-corrected chi connectivity index (χ1v) is 7.30. The first-order chi connectivity index (χ1) is 9.31. The fourth-order valence-electron chi connectivity index (χ4n) is 3.36. The molecule has 0 aromatic carbocycles. The maximum absolute atomic E-state index is 14.4. The molecule has 2 aliphatic rings. The third kappa shape index (κ3) is 2.31. The van der Waals surface area contributed by atoms with Crippen LogP contribution < -0.4 is 10.2 Å². The van der Waals surface area contributed by atoms with Gasteiger partial charge >= 0.3 is 0 Å². The number of hydrogen-bond acceptors (Lipinski definition) is 4. The first kappa shape index (κ1) is 12.8. The fourth-order valence-corrected chi connectivity index (χ4v) is 3.36. The molecule has 1 N–H and O–H groups in total. The number of anilines is 1. The molecule has 2 fully saturated rings. The zero-order valence-electron chi connectivity index (χ0n) is 11.4. The highest BCUT2D eigenvalue weighted by Crippen LogP contribution is 2.30. The van der Waals surface area contributed by atoms with Gasteiger partial charge in [-0.05, 0) is 38.6 Å². The van der Waals surface area contributed by atoms with Crippen molar-refractivity contribution in [2.45, 2.75) is 51.1 Å². The van der Waals surface area contributed by atoms with Gasteiger partial charge in [0.1, 0.15) is 6.33 Å². The van der Waals surface area contributed by atoms with E-state index in [4.69, 9.17) is 0 Å². The zero-order chi connectivity index (χ0) is 13.2. The lowest BCUT2D eigenvalue weighted by molar-refractivity contribution is 0.473. The second kappa shape index (κ2) is 5.41.